The standard InChI is InChI=1S/C6H10I2/c7-6-2-1-4-8(6)5-3-6/h1-5H2. The summed E-state index contributed by atoms with van der Waals surface area (Å²) in [5.41, 5.74) is 0. The van der Waals surface area contributed by atoms with E-state index in [4.69, 9.17) is 0 Å². The molecule has 0 spiro atoms. The molecular formula is C6H10I2. The van der Waals surface area contributed by atoms with Gasteiger partial charge in [-0.15, -0.1) is 0 Å². The normalized spacial score (nSPS) is 48.4. The van der Waals surface area contributed by atoms with Crippen molar-refractivity contribution in [1.29, 1.82) is 0 Å². The van der Waals surface area contributed by atoms with E-state index in [0.717, 1.165) is 1.43 Å². The molecule has 0 bridgehead atoms. The zero-order chi connectivity index (χ0) is 5.61. The molecule has 8 heavy (non-hydrogen) atoms. The molecule has 0 aromatic carbocycles. The van der Waals surface area contributed by atoms with Crippen LogP contribution >= 0.6 is 42.4 Å². The molecule has 2 saturated heterocycles. The van der Waals surface area contributed by atoms with Crippen LogP contribution in [0.3, 0.4) is 0 Å². The fourth-order valence-corrected chi connectivity index (χ4v) is 12.4. The summed E-state index contributed by atoms with van der Waals surface area (Å²) in [5, 5.41) is 0. The van der Waals surface area contributed by atoms with Crippen LogP contribution in [0.1, 0.15) is 19.3 Å². The zero-order valence-electron chi connectivity index (χ0n) is 4.79. The third-order valence-electron chi connectivity index (χ3n) is 2.07. The molecule has 0 aliphatic carbocycles. The Labute approximate surface area is 71.3 Å². The molecule has 48 valence electrons. The molecule has 2 rings (SSSR count). The first kappa shape index (κ1) is 6.19. The molecule has 0 N–H and O–H groups in total. The number of fused-ring (bicyclic) bond motifs is 1. The molecule has 2 heteroatoms. The Morgan fingerprint density at radius 3 is 2.38 bits per heavy atom. The van der Waals surface area contributed by atoms with Gasteiger partial charge in [0.2, 0.25) is 0 Å². The minimum absolute atomic E-state index is 0.247. The molecule has 2 heterocycles. The Morgan fingerprint density at radius 2 is 2.12 bits per heavy atom. The quantitative estimate of drug-likeness (QED) is 0.472. The van der Waals surface area contributed by atoms with Crippen LogP contribution in [0, 0.1) is 0 Å². The van der Waals surface area contributed by atoms with Crippen molar-refractivity contribution in [3.05, 3.63) is 0 Å². The maximum absolute atomic E-state index is 2.75. The average molecular weight is 336 g/mol. The van der Waals surface area contributed by atoms with E-state index in [0.29, 0.717) is 0 Å². The van der Waals surface area contributed by atoms with Crippen LogP contribution in [-0.2, 0) is 0 Å². The molecule has 2 fully saturated rings. The van der Waals surface area contributed by atoms with Crippen LogP contribution in [0.15, 0.2) is 0 Å². The summed E-state index contributed by atoms with van der Waals surface area (Å²) in [6.45, 7) is 0. The summed E-state index contributed by atoms with van der Waals surface area (Å²) in [6, 6.07) is 0. The molecule has 0 nitrogen and oxygen atoms in total. The molecule has 0 amide bonds. The summed E-state index contributed by atoms with van der Waals surface area (Å²) in [4.78, 5) is 0. The van der Waals surface area contributed by atoms with E-state index in [9.17, 15) is 0 Å². The molecule has 0 saturated carbocycles. The maximum atomic E-state index is 2.75. The summed E-state index contributed by atoms with van der Waals surface area (Å²) in [5.74, 6) is 0. The third-order valence-corrected chi connectivity index (χ3v) is 14.7. The van der Waals surface area contributed by atoms with Crippen LogP contribution in [0.5, 0.6) is 0 Å². The summed E-state index contributed by atoms with van der Waals surface area (Å²) >= 11 is 2.50. The van der Waals surface area contributed by atoms with Gasteiger partial charge in [0.15, 0.2) is 0 Å². The van der Waals surface area contributed by atoms with Crippen LogP contribution < -0.4 is 0 Å². The van der Waals surface area contributed by atoms with Crippen LogP contribution in [-0.4, -0.2) is 10.3 Å². The first-order valence-electron chi connectivity index (χ1n) is 3.12. The SMILES string of the molecule is IC12CCCI1CC2. The van der Waals surface area contributed by atoms with Gasteiger partial charge in [0.1, 0.15) is 0 Å². The van der Waals surface area contributed by atoms with Gasteiger partial charge in [-0.3, -0.25) is 0 Å². The van der Waals surface area contributed by atoms with E-state index < -0.39 is 0 Å². The molecule has 2 aliphatic rings. The van der Waals surface area contributed by atoms with Gasteiger partial charge >= 0.3 is 72.0 Å². The summed E-state index contributed by atoms with van der Waals surface area (Å²) in [7, 11) is 0. The number of hydrogen-bond acceptors (Lipinski definition) is 0. The Morgan fingerprint density at radius 1 is 1.25 bits per heavy atom. The van der Waals surface area contributed by atoms with Crippen molar-refractivity contribution in [1.82, 2.24) is 0 Å². The van der Waals surface area contributed by atoms with Crippen molar-refractivity contribution >= 4 is 42.4 Å². The number of halogens is 2. The van der Waals surface area contributed by atoms with Crippen LogP contribution in [0.4, 0.5) is 0 Å². The molecule has 1 unspecified atom stereocenters. The van der Waals surface area contributed by atoms with Crippen LogP contribution in [0.25, 0.3) is 0 Å². The molecule has 0 radical (unpaired) electrons. The second-order valence-electron chi connectivity index (χ2n) is 2.54. The fourth-order valence-electron chi connectivity index (χ4n) is 1.44. The number of rotatable bonds is 0. The van der Waals surface area contributed by atoms with E-state index in [1.165, 1.54) is 0 Å². The van der Waals surface area contributed by atoms with Gasteiger partial charge in [-0.1, -0.05) is 0 Å². The van der Waals surface area contributed by atoms with Crippen LogP contribution in [0.2, 0.25) is 0 Å². The molecular weight excluding hydrogens is 326 g/mol. The predicted octanol–water partition coefficient (Wildman–Crippen LogP) is 2.82. The van der Waals surface area contributed by atoms with E-state index >= 15 is 0 Å². The van der Waals surface area contributed by atoms with Gasteiger partial charge < -0.3 is 0 Å². The number of alkyl halides is 4. The Hall–Kier alpha value is 1.46. The molecule has 0 aromatic heterocycles. The molecule has 0 aromatic rings. The van der Waals surface area contributed by atoms with Crippen molar-refractivity contribution in [2.45, 2.75) is 20.7 Å². The fraction of sp³-hybridized carbons (Fsp3) is 1.00. The summed E-state index contributed by atoms with van der Waals surface area (Å²) < 4.78 is 4.33. The van der Waals surface area contributed by atoms with Crippen molar-refractivity contribution in [3.63, 3.8) is 0 Å². The zero-order valence-corrected chi connectivity index (χ0v) is 9.11. The minimum atomic E-state index is -0.247. The first-order valence-corrected chi connectivity index (χ1v) is 8.33. The van der Waals surface area contributed by atoms with Gasteiger partial charge in [-0.2, -0.15) is 0 Å². The predicted molar refractivity (Wildman–Crippen MR) is 54.4 cm³/mol. The van der Waals surface area contributed by atoms with Crippen molar-refractivity contribution in [2.24, 2.45) is 0 Å². The Balaban J connectivity index is 2.14. The summed E-state index contributed by atoms with van der Waals surface area (Å²) in [6.07, 6.45) is 4.74. The topological polar surface area (TPSA) is 0 Å². The Kier molecular flexibility index (Phi) is 1.52. The average Bonchev–Trinajstić information content (AvgIpc) is 1.94. The monoisotopic (exact) mass is 336 g/mol. The molecule has 2 aliphatic heterocycles. The van der Waals surface area contributed by atoms with E-state index in [1.54, 1.807) is 28.1 Å². The first-order chi connectivity index (χ1) is 3.81. The number of hydrogen-bond donors (Lipinski definition) is 0. The van der Waals surface area contributed by atoms with Gasteiger partial charge in [-0.05, 0) is 0 Å². The second-order valence-corrected chi connectivity index (χ2v) is 13.5. The van der Waals surface area contributed by atoms with Gasteiger partial charge in [-0.25, -0.2) is 0 Å². The van der Waals surface area contributed by atoms with E-state index in [1.807, 2.05) is 0 Å². The van der Waals surface area contributed by atoms with Crippen molar-refractivity contribution in [3.8, 4) is 0 Å². The van der Waals surface area contributed by atoms with E-state index in [2.05, 4.69) is 22.6 Å². The van der Waals surface area contributed by atoms with E-state index in [-0.39, 0.29) is 19.8 Å². The van der Waals surface area contributed by atoms with Gasteiger partial charge in [0.05, 0.1) is 0 Å². The second kappa shape index (κ2) is 1.97. The van der Waals surface area contributed by atoms with Gasteiger partial charge in [0, 0.05) is 0 Å². The van der Waals surface area contributed by atoms with Crippen molar-refractivity contribution < 1.29 is 0 Å². The van der Waals surface area contributed by atoms with Crippen molar-refractivity contribution in [2.75, 3.05) is 8.86 Å². The van der Waals surface area contributed by atoms with Gasteiger partial charge in [0.25, 0.3) is 0 Å². The third kappa shape index (κ3) is 0.744. The molecule has 1 atom stereocenters. The Bertz CT molecular complexity index is 113.